The Hall–Kier alpha value is -0.0800. The van der Waals surface area contributed by atoms with Crippen molar-refractivity contribution >= 4 is 0 Å². The molecule has 1 N–H and O–H groups in total. The second-order valence-corrected chi connectivity index (χ2v) is 0.966. The van der Waals surface area contributed by atoms with Gasteiger partial charge >= 0.3 is 0 Å². The minimum atomic E-state index is 1.00. The van der Waals surface area contributed by atoms with Crippen molar-refractivity contribution in [3.05, 3.63) is 0 Å². The van der Waals surface area contributed by atoms with Crippen LogP contribution in [0.25, 0.3) is 0 Å². The molecule has 0 amide bonds. The summed E-state index contributed by atoms with van der Waals surface area (Å²) >= 11 is 0. The van der Waals surface area contributed by atoms with Crippen LogP contribution < -0.4 is 0 Å². The molecule has 1 heterocycles. The predicted molar refractivity (Wildman–Crippen MR) is 23.6 cm³/mol. The van der Waals surface area contributed by atoms with E-state index in [0.717, 1.165) is 20.3 Å². The Labute approximate surface area is 37.7 Å². The minimum Gasteiger partial charge on any atom is -0.400 e. The lowest BCUT2D eigenvalue weighted by atomic mass is 10.4. The van der Waals surface area contributed by atoms with Gasteiger partial charge in [0.05, 0.1) is 0 Å². The number of hydrogen-bond acceptors (Lipinski definition) is 2. The molecule has 0 spiro atoms. The van der Waals surface area contributed by atoms with E-state index in [1.807, 2.05) is 0 Å². The van der Waals surface area contributed by atoms with Crippen LogP contribution >= 0.6 is 0 Å². The molecule has 0 aromatic carbocycles. The summed E-state index contributed by atoms with van der Waals surface area (Å²) in [6, 6.07) is 0. The van der Waals surface area contributed by atoms with Crippen molar-refractivity contribution in [3.63, 3.8) is 0 Å². The molecule has 0 saturated carbocycles. The van der Waals surface area contributed by atoms with Crippen LogP contribution in [0.3, 0.4) is 0 Å². The highest BCUT2D eigenvalue weighted by atomic mass is 16.5. The van der Waals surface area contributed by atoms with E-state index in [1.54, 1.807) is 0 Å². The van der Waals surface area contributed by atoms with Gasteiger partial charge in [-0.3, -0.25) is 0 Å². The van der Waals surface area contributed by atoms with Gasteiger partial charge in [-0.2, -0.15) is 0 Å². The van der Waals surface area contributed by atoms with Crippen molar-refractivity contribution in [2.45, 2.75) is 6.42 Å². The summed E-state index contributed by atoms with van der Waals surface area (Å²) in [5.74, 6) is 0. The van der Waals surface area contributed by atoms with Gasteiger partial charge in [-0.05, 0) is 6.42 Å². The first-order valence-electron chi connectivity index (χ1n) is 2.02. The van der Waals surface area contributed by atoms with Crippen molar-refractivity contribution in [2.75, 3.05) is 20.3 Å². The summed E-state index contributed by atoms with van der Waals surface area (Å²) in [5.41, 5.74) is 0. The number of ether oxygens (including phenoxy) is 1. The van der Waals surface area contributed by atoms with Gasteiger partial charge in [-0.1, -0.05) is 0 Å². The second kappa shape index (κ2) is 4.92. The van der Waals surface area contributed by atoms with Gasteiger partial charge in [0.1, 0.15) is 0 Å². The highest BCUT2D eigenvalue weighted by molar-refractivity contribution is 4.41. The van der Waals surface area contributed by atoms with Crippen LogP contribution in [0.4, 0.5) is 0 Å². The molecule has 1 rings (SSSR count). The van der Waals surface area contributed by atoms with E-state index in [4.69, 9.17) is 9.84 Å². The van der Waals surface area contributed by atoms with Crippen molar-refractivity contribution in [1.29, 1.82) is 0 Å². The molecule has 38 valence electrons. The lowest BCUT2D eigenvalue weighted by molar-refractivity contribution is 0.0367. The zero-order valence-corrected chi connectivity index (χ0v) is 3.98. The first-order chi connectivity index (χ1) is 3.00. The van der Waals surface area contributed by atoms with Crippen LogP contribution in [0.1, 0.15) is 6.42 Å². The third-order valence-electron chi connectivity index (χ3n) is 0.577. The zero-order chi connectivity index (χ0) is 4.83. The summed E-state index contributed by atoms with van der Waals surface area (Å²) in [5, 5.41) is 7.00. The molecule has 0 unspecified atom stereocenters. The van der Waals surface area contributed by atoms with E-state index < -0.39 is 0 Å². The molecular formula is C4H10O2. The lowest BCUT2D eigenvalue weighted by Crippen LogP contribution is -2.09. The number of aliphatic hydroxyl groups excluding tert-OH is 1. The lowest BCUT2D eigenvalue weighted by Gasteiger charge is -2.09. The normalized spacial score (nSPS) is 17.0. The van der Waals surface area contributed by atoms with Crippen molar-refractivity contribution in [1.82, 2.24) is 0 Å². The average molecular weight is 90.1 g/mol. The van der Waals surface area contributed by atoms with E-state index in [1.165, 1.54) is 6.42 Å². The maximum absolute atomic E-state index is 7.00. The Morgan fingerprint density at radius 3 is 1.50 bits per heavy atom. The van der Waals surface area contributed by atoms with Gasteiger partial charge in [0.2, 0.25) is 0 Å². The van der Waals surface area contributed by atoms with Gasteiger partial charge in [0.25, 0.3) is 0 Å². The third-order valence-corrected chi connectivity index (χ3v) is 0.577. The van der Waals surface area contributed by atoms with Gasteiger partial charge in [-0.15, -0.1) is 0 Å². The Balaban J connectivity index is 0.000000112. The number of aliphatic hydroxyl groups is 1. The minimum absolute atomic E-state index is 1.00. The van der Waals surface area contributed by atoms with Gasteiger partial charge in [0.15, 0.2) is 0 Å². The van der Waals surface area contributed by atoms with Crippen molar-refractivity contribution in [3.8, 4) is 0 Å². The summed E-state index contributed by atoms with van der Waals surface area (Å²) in [7, 11) is 1.00. The molecule has 1 aliphatic heterocycles. The topological polar surface area (TPSA) is 29.5 Å². The molecule has 0 aliphatic carbocycles. The summed E-state index contributed by atoms with van der Waals surface area (Å²) in [4.78, 5) is 0. The maximum atomic E-state index is 7.00. The molecule has 0 atom stereocenters. The van der Waals surface area contributed by atoms with Crippen molar-refractivity contribution in [2.24, 2.45) is 0 Å². The number of hydrogen-bond donors (Lipinski definition) is 1. The van der Waals surface area contributed by atoms with Gasteiger partial charge < -0.3 is 9.84 Å². The molecule has 6 heavy (non-hydrogen) atoms. The van der Waals surface area contributed by atoms with Crippen LogP contribution in [0.15, 0.2) is 0 Å². The molecule has 1 saturated heterocycles. The highest BCUT2D eigenvalue weighted by Gasteiger charge is 1.94. The zero-order valence-electron chi connectivity index (χ0n) is 3.98. The van der Waals surface area contributed by atoms with E-state index in [0.29, 0.717) is 0 Å². The summed E-state index contributed by atoms with van der Waals surface area (Å²) < 4.78 is 4.72. The first kappa shape index (κ1) is 5.92. The number of rotatable bonds is 0. The Morgan fingerprint density at radius 1 is 1.33 bits per heavy atom. The van der Waals surface area contributed by atoms with Crippen LogP contribution in [-0.2, 0) is 4.74 Å². The monoisotopic (exact) mass is 90.1 g/mol. The fraction of sp³-hybridized carbons (Fsp3) is 1.00. The van der Waals surface area contributed by atoms with Crippen molar-refractivity contribution < 1.29 is 9.84 Å². The summed E-state index contributed by atoms with van der Waals surface area (Å²) in [6.45, 7) is 2.00. The quantitative estimate of drug-likeness (QED) is 0.454. The van der Waals surface area contributed by atoms with E-state index >= 15 is 0 Å². The molecule has 2 nitrogen and oxygen atoms in total. The van der Waals surface area contributed by atoms with Gasteiger partial charge in [0, 0.05) is 20.3 Å². The Morgan fingerprint density at radius 2 is 1.50 bits per heavy atom. The second-order valence-electron chi connectivity index (χ2n) is 0.966. The van der Waals surface area contributed by atoms with Crippen LogP contribution in [0.5, 0.6) is 0 Å². The molecule has 1 aliphatic rings. The Bertz CT molecular complexity index is 13.5. The third kappa shape index (κ3) is 2.18. The van der Waals surface area contributed by atoms with Crippen LogP contribution in [-0.4, -0.2) is 25.4 Å². The van der Waals surface area contributed by atoms with Crippen LogP contribution in [0.2, 0.25) is 0 Å². The molecule has 2 heteroatoms. The molecule has 0 radical (unpaired) electrons. The fourth-order valence-corrected chi connectivity index (χ4v) is 0.144. The highest BCUT2D eigenvalue weighted by Crippen LogP contribution is 1.92. The fourth-order valence-electron chi connectivity index (χ4n) is 0.144. The SMILES string of the molecule is C1COC1.CO. The molecule has 1 fully saturated rings. The van der Waals surface area contributed by atoms with E-state index in [9.17, 15) is 0 Å². The van der Waals surface area contributed by atoms with E-state index in [2.05, 4.69) is 0 Å². The molecule has 0 bridgehead atoms. The predicted octanol–water partition coefficient (Wildman–Crippen LogP) is 0.0152. The smallest absolute Gasteiger partial charge is 0.0488 e. The van der Waals surface area contributed by atoms with Gasteiger partial charge in [-0.25, -0.2) is 0 Å². The molecule has 0 aromatic heterocycles. The molecular weight excluding hydrogens is 80.0 g/mol. The Kier molecular flexibility index (Phi) is 4.85. The summed E-state index contributed by atoms with van der Waals surface area (Å²) in [6.07, 6.45) is 1.28. The first-order valence-corrected chi connectivity index (χ1v) is 2.02. The van der Waals surface area contributed by atoms with E-state index in [-0.39, 0.29) is 0 Å². The largest absolute Gasteiger partial charge is 0.400 e. The van der Waals surface area contributed by atoms with Crippen LogP contribution in [0, 0.1) is 0 Å². The maximum Gasteiger partial charge on any atom is 0.0488 e. The molecule has 0 aromatic rings. The standard InChI is InChI=1S/C3H6O.CH4O/c1-2-4-3-1;1-2/h1-3H2;2H,1H3. The average Bonchev–Trinajstić information content (AvgIpc) is 1.36.